The van der Waals surface area contributed by atoms with Gasteiger partial charge in [-0.05, 0) is 37.6 Å². The SMILES string of the molecule is CCNC1CC(C)(C)Cc2nc(C(OCC)C(C)C)sc21. The zero-order valence-corrected chi connectivity index (χ0v) is 15.1. The van der Waals surface area contributed by atoms with Crippen molar-refractivity contribution >= 4 is 11.3 Å². The Morgan fingerprint density at radius 1 is 1.38 bits per heavy atom. The number of hydrogen-bond donors (Lipinski definition) is 1. The van der Waals surface area contributed by atoms with Crippen molar-refractivity contribution in [2.24, 2.45) is 11.3 Å². The van der Waals surface area contributed by atoms with E-state index in [1.807, 2.05) is 11.3 Å². The van der Waals surface area contributed by atoms with Crippen LogP contribution in [0.5, 0.6) is 0 Å². The summed E-state index contributed by atoms with van der Waals surface area (Å²) in [5.74, 6) is 0.461. The summed E-state index contributed by atoms with van der Waals surface area (Å²) in [4.78, 5) is 6.41. The molecule has 21 heavy (non-hydrogen) atoms. The standard InChI is InChI=1S/C17H30N2OS/c1-7-18-12-9-17(5,6)10-13-15(12)21-16(19-13)14(11(3)4)20-8-2/h11-12,14,18H,7-10H2,1-6H3. The van der Waals surface area contributed by atoms with Crippen LogP contribution in [-0.2, 0) is 11.2 Å². The van der Waals surface area contributed by atoms with Gasteiger partial charge in [-0.3, -0.25) is 0 Å². The highest BCUT2D eigenvalue weighted by atomic mass is 32.1. The molecule has 0 saturated heterocycles. The monoisotopic (exact) mass is 310 g/mol. The van der Waals surface area contributed by atoms with E-state index in [1.165, 1.54) is 17.0 Å². The van der Waals surface area contributed by atoms with Crippen LogP contribution in [0, 0.1) is 11.3 Å². The first-order chi connectivity index (χ1) is 9.88. The van der Waals surface area contributed by atoms with E-state index < -0.39 is 0 Å². The maximum Gasteiger partial charge on any atom is 0.122 e. The van der Waals surface area contributed by atoms with Crippen LogP contribution in [-0.4, -0.2) is 18.1 Å². The highest BCUT2D eigenvalue weighted by molar-refractivity contribution is 7.11. The van der Waals surface area contributed by atoms with Crippen LogP contribution in [0.4, 0.5) is 0 Å². The number of ether oxygens (including phenoxy) is 1. The van der Waals surface area contributed by atoms with Crippen LogP contribution in [0.2, 0.25) is 0 Å². The van der Waals surface area contributed by atoms with E-state index in [0.717, 1.165) is 24.6 Å². The third-order valence-electron chi connectivity index (χ3n) is 4.11. The van der Waals surface area contributed by atoms with Crippen molar-refractivity contribution in [2.75, 3.05) is 13.2 Å². The topological polar surface area (TPSA) is 34.2 Å². The summed E-state index contributed by atoms with van der Waals surface area (Å²) in [6.07, 6.45) is 2.41. The lowest BCUT2D eigenvalue weighted by molar-refractivity contribution is 0.0291. The molecule has 0 bridgehead atoms. The van der Waals surface area contributed by atoms with Gasteiger partial charge in [0.25, 0.3) is 0 Å². The Labute approximate surface area is 133 Å². The summed E-state index contributed by atoms with van der Waals surface area (Å²) in [6.45, 7) is 15.1. The van der Waals surface area contributed by atoms with Gasteiger partial charge in [-0.1, -0.05) is 34.6 Å². The Morgan fingerprint density at radius 3 is 2.67 bits per heavy atom. The highest BCUT2D eigenvalue weighted by Crippen LogP contribution is 2.44. The normalized spacial score (nSPS) is 22.3. The van der Waals surface area contributed by atoms with Gasteiger partial charge in [0.05, 0.1) is 5.69 Å². The zero-order chi connectivity index (χ0) is 15.6. The van der Waals surface area contributed by atoms with E-state index in [9.17, 15) is 0 Å². The molecule has 1 aliphatic carbocycles. The second-order valence-corrected chi connectivity index (χ2v) is 8.20. The van der Waals surface area contributed by atoms with Gasteiger partial charge in [-0.15, -0.1) is 11.3 Å². The number of nitrogens with zero attached hydrogens (tertiary/aromatic N) is 1. The van der Waals surface area contributed by atoms with E-state index in [1.54, 1.807) is 0 Å². The number of rotatable bonds is 6. The molecule has 1 aliphatic rings. The van der Waals surface area contributed by atoms with Crippen LogP contribution in [0.1, 0.15) is 75.7 Å². The molecule has 0 fully saturated rings. The largest absolute Gasteiger partial charge is 0.371 e. The lowest BCUT2D eigenvalue weighted by Crippen LogP contribution is -2.32. The quantitative estimate of drug-likeness (QED) is 0.840. The second-order valence-electron chi connectivity index (χ2n) is 7.14. The molecule has 0 saturated carbocycles. The van der Waals surface area contributed by atoms with Gasteiger partial charge >= 0.3 is 0 Å². The second kappa shape index (κ2) is 6.76. The third kappa shape index (κ3) is 3.85. The molecule has 4 heteroatoms. The summed E-state index contributed by atoms with van der Waals surface area (Å²) in [6, 6.07) is 0.453. The summed E-state index contributed by atoms with van der Waals surface area (Å²) < 4.78 is 5.94. The van der Waals surface area contributed by atoms with Crippen LogP contribution in [0.15, 0.2) is 0 Å². The predicted octanol–water partition coefficient (Wildman–Crippen LogP) is 4.50. The fraction of sp³-hybridized carbons (Fsp3) is 0.824. The number of aromatic nitrogens is 1. The van der Waals surface area contributed by atoms with Gasteiger partial charge in [0.15, 0.2) is 0 Å². The number of hydrogen-bond acceptors (Lipinski definition) is 4. The minimum atomic E-state index is 0.135. The van der Waals surface area contributed by atoms with Crippen molar-refractivity contribution in [1.29, 1.82) is 0 Å². The van der Waals surface area contributed by atoms with Crippen molar-refractivity contribution in [3.8, 4) is 0 Å². The molecule has 120 valence electrons. The summed E-state index contributed by atoms with van der Waals surface area (Å²) in [7, 11) is 0. The molecular weight excluding hydrogens is 280 g/mol. The summed E-state index contributed by atoms with van der Waals surface area (Å²) >= 11 is 1.86. The molecule has 1 aromatic heterocycles. The molecule has 1 aromatic rings. The van der Waals surface area contributed by atoms with Crippen molar-refractivity contribution < 1.29 is 4.74 Å². The molecule has 2 atom stereocenters. The first-order valence-corrected chi connectivity index (χ1v) is 9.04. The Bertz CT molecular complexity index is 467. The maximum absolute atomic E-state index is 5.94. The lowest BCUT2D eigenvalue weighted by atomic mass is 9.76. The fourth-order valence-corrected chi connectivity index (χ4v) is 4.60. The minimum absolute atomic E-state index is 0.135. The smallest absolute Gasteiger partial charge is 0.122 e. The molecule has 0 aromatic carbocycles. The summed E-state index contributed by atoms with van der Waals surface area (Å²) in [5.41, 5.74) is 1.62. The van der Waals surface area contributed by atoms with Crippen LogP contribution in [0.3, 0.4) is 0 Å². The zero-order valence-electron chi connectivity index (χ0n) is 14.3. The third-order valence-corrected chi connectivity index (χ3v) is 5.38. The average Bonchev–Trinajstić information content (AvgIpc) is 2.77. The van der Waals surface area contributed by atoms with Gasteiger partial charge in [-0.25, -0.2) is 4.98 Å². The first-order valence-electron chi connectivity index (χ1n) is 8.22. The molecule has 0 amide bonds. The fourth-order valence-electron chi connectivity index (χ4n) is 3.21. The molecule has 2 rings (SSSR count). The Kier molecular flexibility index (Phi) is 5.44. The van der Waals surface area contributed by atoms with E-state index in [0.29, 0.717) is 17.4 Å². The molecule has 0 radical (unpaired) electrons. The van der Waals surface area contributed by atoms with Crippen LogP contribution >= 0.6 is 11.3 Å². The molecule has 1 N–H and O–H groups in total. The van der Waals surface area contributed by atoms with Crippen molar-refractivity contribution in [3.05, 3.63) is 15.6 Å². The minimum Gasteiger partial charge on any atom is -0.371 e. The van der Waals surface area contributed by atoms with Crippen LogP contribution in [0.25, 0.3) is 0 Å². The number of fused-ring (bicyclic) bond motifs is 1. The molecule has 2 unspecified atom stereocenters. The first kappa shape index (κ1) is 16.9. The highest BCUT2D eigenvalue weighted by Gasteiger charge is 2.35. The van der Waals surface area contributed by atoms with E-state index in [2.05, 4.69) is 46.9 Å². The van der Waals surface area contributed by atoms with E-state index in [-0.39, 0.29) is 6.10 Å². The predicted molar refractivity (Wildman–Crippen MR) is 89.8 cm³/mol. The van der Waals surface area contributed by atoms with E-state index in [4.69, 9.17) is 9.72 Å². The van der Waals surface area contributed by atoms with Gasteiger partial charge in [0.2, 0.25) is 0 Å². The maximum atomic E-state index is 5.94. The average molecular weight is 311 g/mol. The molecule has 0 aliphatic heterocycles. The van der Waals surface area contributed by atoms with E-state index >= 15 is 0 Å². The van der Waals surface area contributed by atoms with Crippen LogP contribution < -0.4 is 5.32 Å². The van der Waals surface area contributed by atoms with Gasteiger partial charge in [0, 0.05) is 17.5 Å². The molecule has 0 spiro atoms. The van der Waals surface area contributed by atoms with Gasteiger partial charge < -0.3 is 10.1 Å². The molecular formula is C17H30N2OS. The Morgan fingerprint density at radius 2 is 2.10 bits per heavy atom. The van der Waals surface area contributed by atoms with Crippen molar-refractivity contribution in [3.63, 3.8) is 0 Å². The Hall–Kier alpha value is -0.450. The summed E-state index contributed by atoms with van der Waals surface area (Å²) in [5, 5.41) is 4.80. The van der Waals surface area contributed by atoms with Crippen molar-refractivity contribution in [1.82, 2.24) is 10.3 Å². The lowest BCUT2D eigenvalue weighted by Gasteiger charge is -2.34. The van der Waals surface area contributed by atoms with Crippen molar-refractivity contribution in [2.45, 2.75) is 66.5 Å². The van der Waals surface area contributed by atoms with Gasteiger partial charge in [-0.2, -0.15) is 0 Å². The molecule has 3 nitrogen and oxygen atoms in total. The number of nitrogens with one attached hydrogen (secondary N) is 1. The Balaban J connectivity index is 2.33. The number of thiazole rings is 1. The van der Waals surface area contributed by atoms with Gasteiger partial charge in [0.1, 0.15) is 11.1 Å². The molecule has 1 heterocycles.